The Morgan fingerprint density at radius 2 is 1.68 bits per heavy atom. The lowest BCUT2D eigenvalue weighted by Gasteiger charge is -2.63. The molecule has 0 amide bonds. The Labute approximate surface area is 206 Å². The average molecular weight is 473 g/mol. The molecule has 5 aliphatic rings. The van der Waals surface area contributed by atoms with Gasteiger partial charge in [0.25, 0.3) is 0 Å². The monoisotopic (exact) mass is 472 g/mol. The van der Waals surface area contributed by atoms with E-state index in [2.05, 4.69) is 40.7 Å². The van der Waals surface area contributed by atoms with Crippen LogP contribution in [0.25, 0.3) is 0 Å². The first kappa shape index (κ1) is 25.0. The van der Waals surface area contributed by atoms with E-state index in [-0.39, 0.29) is 39.4 Å². The fraction of sp³-hybridized carbons (Fsp3) is 0.900. The molecule has 10 atom stereocenters. The second-order valence-corrected chi connectivity index (χ2v) is 14.7. The second kappa shape index (κ2) is 7.42. The molecular formula is C30H48O4. The summed E-state index contributed by atoms with van der Waals surface area (Å²) in [7, 11) is 0. The van der Waals surface area contributed by atoms with Crippen molar-refractivity contribution in [3.63, 3.8) is 0 Å². The van der Waals surface area contributed by atoms with Crippen molar-refractivity contribution in [1.82, 2.24) is 0 Å². The number of hydrogen-bond donors (Lipinski definition) is 3. The molecule has 0 heterocycles. The van der Waals surface area contributed by atoms with E-state index in [9.17, 15) is 20.1 Å². The molecule has 3 N–H and O–H groups in total. The van der Waals surface area contributed by atoms with Gasteiger partial charge < -0.3 is 15.3 Å². The van der Waals surface area contributed by atoms with Crippen LogP contribution in [-0.2, 0) is 4.79 Å². The molecule has 5 rings (SSSR count). The van der Waals surface area contributed by atoms with E-state index < -0.39 is 17.8 Å². The summed E-state index contributed by atoms with van der Waals surface area (Å²) in [5, 5.41) is 33.6. The van der Waals surface area contributed by atoms with Crippen LogP contribution < -0.4 is 0 Å². The Hall–Kier alpha value is -0.710. The van der Waals surface area contributed by atoms with Crippen molar-refractivity contribution < 1.29 is 20.1 Å². The third-order valence-electron chi connectivity index (χ3n) is 12.7. The van der Waals surface area contributed by atoms with Gasteiger partial charge in [-0.25, -0.2) is 0 Å². The van der Waals surface area contributed by atoms with E-state index in [0.29, 0.717) is 24.0 Å². The molecule has 34 heavy (non-hydrogen) atoms. The van der Waals surface area contributed by atoms with E-state index >= 15 is 0 Å². The summed E-state index contributed by atoms with van der Waals surface area (Å²) >= 11 is 0. The molecule has 0 aliphatic heterocycles. The molecule has 0 aromatic rings. The number of aliphatic hydroxyl groups excluding tert-OH is 2. The van der Waals surface area contributed by atoms with E-state index in [1.54, 1.807) is 5.57 Å². The molecular weight excluding hydrogens is 424 g/mol. The van der Waals surface area contributed by atoms with Crippen LogP contribution in [-0.4, -0.2) is 38.9 Å². The van der Waals surface area contributed by atoms with Gasteiger partial charge >= 0.3 is 0 Å². The molecule has 0 aromatic carbocycles. The van der Waals surface area contributed by atoms with Gasteiger partial charge in [0.2, 0.25) is 0 Å². The summed E-state index contributed by atoms with van der Waals surface area (Å²) in [6.45, 7) is 15.2. The highest BCUT2D eigenvalue weighted by molar-refractivity contribution is 5.85. The first-order valence-corrected chi connectivity index (χ1v) is 13.9. The van der Waals surface area contributed by atoms with E-state index in [1.165, 1.54) is 0 Å². The van der Waals surface area contributed by atoms with E-state index in [4.69, 9.17) is 0 Å². The minimum Gasteiger partial charge on any atom is -0.393 e. The third-order valence-corrected chi connectivity index (χ3v) is 12.7. The maximum Gasteiger partial charge on any atom is 0.138 e. The Morgan fingerprint density at radius 3 is 2.29 bits per heavy atom. The summed E-state index contributed by atoms with van der Waals surface area (Å²) in [6, 6.07) is 0. The van der Waals surface area contributed by atoms with Crippen molar-refractivity contribution in [2.75, 3.05) is 0 Å². The number of aliphatic hydroxyl groups is 3. The number of allylic oxidation sites excluding steroid dienone is 2. The number of carbonyl (C=O) groups excluding carboxylic acids is 1. The predicted octanol–water partition coefficient (Wildman–Crippen LogP) is 5.29. The predicted molar refractivity (Wildman–Crippen MR) is 134 cm³/mol. The summed E-state index contributed by atoms with van der Waals surface area (Å²) in [5.74, 6) is 1.23. The van der Waals surface area contributed by atoms with E-state index in [0.717, 1.165) is 44.9 Å². The maximum absolute atomic E-state index is 12.8. The molecule has 4 heteroatoms. The molecule has 4 saturated carbocycles. The Balaban J connectivity index is 1.51. The fourth-order valence-corrected chi connectivity index (χ4v) is 10.6. The van der Waals surface area contributed by atoms with Gasteiger partial charge in [0, 0.05) is 17.8 Å². The minimum absolute atomic E-state index is 0.0357. The van der Waals surface area contributed by atoms with Crippen molar-refractivity contribution in [2.45, 2.75) is 118 Å². The lowest BCUT2D eigenvalue weighted by atomic mass is 9.41. The van der Waals surface area contributed by atoms with Crippen LogP contribution in [0.15, 0.2) is 11.6 Å². The molecule has 0 aromatic heterocycles. The molecule has 0 bridgehead atoms. The molecule has 1 unspecified atom stereocenters. The molecule has 192 valence electrons. The summed E-state index contributed by atoms with van der Waals surface area (Å²) in [5.41, 5.74) is 0.338. The number of Topliss-reactive ketones (excluding diaryl/α,β-unsaturated/α-hetero) is 1. The number of ketones is 1. The zero-order valence-corrected chi connectivity index (χ0v) is 22.5. The van der Waals surface area contributed by atoms with Crippen LogP contribution in [0.2, 0.25) is 0 Å². The van der Waals surface area contributed by atoms with Gasteiger partial charge in [-0.1, -0.05) is 46.3 Å². The Kier molecular flexibility index (Phi) is 5.44. The van der Waals surface area contributed by atoms with Crippen LogP contribution in [0.3, 0.4) is 0 Å². The summed E-state index contributed by atoms with van der Waals surface area (Å²) in [6.07, 6.45) is 8.74. The van der Waals surface area contributed by atoms with Gasteiger partial charge in [0.15, 0.2) is 0 Å². The van der Waals surface area contributed by atoms with Gasteiger partial charge in [-0.2, -0.15) is 0 Å². The largest absolute Gasteiger partial charge is 0.393 e. The SMILES string of the molecule is CC(C)(O)[C@H]1CCC([C@@H]2[C@@H](O)C[C@]3(C)C4=CC[C@H]5C(C)(C)C(=O)CC[C@]5(C)[C@H]4CC[C@@]23C)[C@@H]1O. The molecule has 0 radical (unpaired) electrons. The highest BCUT2D eigenvalue weighted by Crippen LogP contribution is 2.73. The summed E-state index contributed by atoms with van der Waals surface area (Å²) < 4.78 is 0. The molecule has 4 fully saturated rings. The van der Waals surface area contributed by atoms with E-state index in [1.807, 2.05) is 13.8 Å². The zero-order chi connectivity index (χ0) is 25.1. The third kappa shape index (κ3) is 3.03. The van der Waals surface area contributed by atoms with Gasteiger partial charge in [0.1, 0.15) is 5.78 Å². The molecule has 0 spiro atoms. The molecule has 4 nitrogen and oxygen atoms in total. The minimum atomic E-state index is -0.902. The van der Waals surface area contributed by atoms with Gasteiger partial charge in [-0.3, -0.25) is 4.79 Å². The highest BCUT2D eigenvalue weighted by Gasteiger charge is 2.68. The number of rotatable bonds is 2. The lowest BCUT2D eigenvalue weighted by molar-refractivity contribution is -0.146. The van der Waals surface area contributed by atoms with Crippen molar-refractivity contribution in [3.05, 3.63) is 11.6 Å². The van der Waals surface area contributed by atoms with Crippen LogP contribution in [0.5, 0.6) is 0 Å². The summed E-state index contributed by atoms with van der Waals surface area (Å²) in [4.78, 5) is 12.8. The number of fused-ring (bicyclic) bond motifs is 5. The van der Waals surface area contributed by atoms with Crippen molar-refractivity contribution in [1.29, 1.82) is 0 Å². The van der Waals surface area contributed by atoms with Gasteiger partial charge in [-0.15, -0.1) is 0 Å². The normalized spacial score (nSPS) is 52.6. The topological polar surface area (TPSA) is 77.8 Å². The zero-order valence-electron chi connectivity index (χ0n) is 22.5. The first-order valence-electron chi connectivity index (χ1n) is 13.9. The van der Waals surface area contributed by atoms with Crippen molar-refractivity contribution >= 4 is 5.78 Å². The lowest BCUT2D eigenvalue weighted by Crippen LogP contribution is -2.57. The second-order valence-electron chi connectivity index (χ2n) is 14.7. The average Bonchev–Trinajstić information content (AvgIpc) is 3.19. The van der Waals surface area contributed by atoms with Crippen LogP contribution in [0.4, 0.5) is 0 Å². The van der Waals surface area contributed by atoms with Crippen LogP contribution in [0.1, 0.15) is 99.8 Å². The molecule has 5 aliphatic carbocycles. The number of carbonyl (C=O) groups is 1. The Morgan fingerprint density at radius 1 is 1.00 bits per heavy atom. The quantitative estimate of drug-likeness (QED) is 0.477. The van der Waals surface area contributed by atoms with Crippen molar-refractivity contribution in [2.24, 2.45) is 51.2 Å². The standard InChI is InChI=1S/C30H48O4/c1-26(2)22-11-10-19-18(28(22,5)14-13-23(26)32)12-15-29(6)24(21(31)16-30(19,29)7)17-8-9-20(25(17)33)27(3,4)34/h10,17-18,20-22,24-25,31,33-34H,8-9,11-16H2,1-7H3/t17?,18-,20-,21-,22-,24+,25-,28+,29-,30+/m0/s1. The molecule has 0 saturated heterocycles. The smallest absolute Gasteiger partial charge is 0.138 e. The maximum atomic E-state index is 12.8. The highest BCUT2D eigenvalue weighted by atomic mass is 16.3. The van der Waals surface area contributed by atoms with Crippen LogP contribution in [0, 0.1) is 51.2 Å². The fourth-order valence-electron chi connectivity index (χ4n) is 10.6. The number of hydrogen-bond acceptors (Lipinski definition) is 4. The van der Waals surface area contributed by atoms with Gasteiger partial charge in [-0.05, 0) is 98.7 Å². The van der Waals surface area contributed by atoms with Crippen LogP contribution >= 0.6 is 0 Å². The Bertz CT molecular complexity index is 898. The van der Waals surface area contributed by atoms with Gasteiger partial charge in [0.05, 0.1) is 17.8 Å². The first-order chi connectivity index (χ1) is 15.6. The van der Waals surface area contributed by atoms with Crippen molar-refractivity contribution in [3.8, 4) is 0 Å².